The average Bonchev–Trinajstić information content (AvgIpc) is 3.51. The lowest BCUT2D eigenvalue weighted by Crippen LogP contribution is -2.54. The molecule has 4 heterocycles. The molecule has 226 valence electrons. The number of amides is 5. The van der Waals surface area contributed by atoms with Crippen molar-refractivity contribution < 1.29 is 33.4 Å². The van der Waals surface area contributed by atoms with Crippen molar-refractivity contribution in [2.24, 2.45) is 0 Å². The number of rotatable bonds is 7. The van der Waals surface area contributed by atoms with Crippen molar-refractivity contribution in [3.05, 3.63) is 65.2 Å². The van der Waals surface area contributed by atoms with Crippen molar-refractivity contribution in [3.63, 3.8) is 0 Å². The number of nitrogens with one attached hydrogen (secondary N) is 1. The summed E-state index contributed by atoms with van der Waals surface area (Å²) in [5.74, 6) is -1.66. The minimum atomic E-state index is -1.000. The summed E-state index contributed by atoms with van der Waals surface area (Å²) in [4.78, 5) is 69.8. The Labute approximate surface area is 249 Å². The number of hydrogen-bond donors (Lipinski definition) is 1. The maximum atomic E-state index is 13.1. The van der Waals surface area contributed by atoms with Gasteiger partial charge in [0.05, 0.1) is 11.1 Å². The summed E-state index contributed by atoms with van der Waals surface area (Å²) in [6.07, 6.45) is 0.807. The van der Waals surface area contributed by atoms with Crippen LogP contribution in [0.4, 0.5) is 4.79 Å². The van der Waals surface area contributed by atoms with E-state index in [9.17, 15) is 24.0 Å². The zero-order valence-electron chi connectivity index (χ0n) is 24.1. The summed E-state index contributed by atoms with van der Waals surface area (Å²) in [7, 11) is 2.06. The van der Waals surface area contributed by atoms with E-state index < -0.39 is 29.7 Å². The summed E-state index contributed by atoms with van der Waals surface area (Å²) >= 11 is 0. The second-order valence-electron chi connectivity index (χ2n) is 11.5. The summed E-state index contributed by atoms with van der Waals surface area (Å²) in [5.41, 5.74) is 1.39. The first-order valence-corrected chi connectivity index (χ1v) is 14.7. The van der Waals surface area contributed by atoms with Gasteiger partial charge in [0.15, 0.2) is 0 Å². The quantitative estimate of drug-likeness (QED) is 0.478. The Kier molecular flexibility index (Phi) is 8.13. The second kappa shape index (κ2) is 12.1. The molecule has 1 unspecified atom stereocenters. The molecule has 12 nitrogen and oxygen atoms in total. The molecule has 3 fully saturated rings. The fraction of sp³-hybridized carbons (Fsp3) is 0.452. The topological polar surface area (TPSA) is 129 Å². The largest absolute Gasteiger partial charge is 0.492 e. The van der Waals surface area contributed by atoms with Crippen LogP contribution < -0.4 is 10.1 Å². The number of nitrogens with zero attached hydrogens (tertiary/aromatic N) is 4. The molecule has 2 aromatic rings. The highest BCUT2D eigenvalue weighted by Crippen LogP contribution is 2.31. The molecular weight excluding hydrogens is 554 g/mol. The van der Waals surface area contributed by atoms with Crippen LogP contribution in [0.2, 0.25) is 0 Å². The molecule has 0 bridgehead atoms. The van der Waals surface area contributed by atoms with Crippen molar-refractivity contribution in [3.8, 4) is 5.75 Å². The first kappa shape index (κ1) is 28.8. The van der Waals surface area contributed by atoms with E-state index in [2.05, 4.69) is 22.2 Å². The van der Waals surface area contributed by atoms with Crippen LogP contribution in [0.5, 0.6) is 5.75 Å². The van der Waals surface area contributed by atoms with Gasteiger partial charge in [-0.2, -0.15) is 0 Å². The number of hydrogen-bond acceptors (Lipinski definition) is 9. The van der Waals surface area contributed by atoms with Crippen molar-refractivity contribution in [1.29, 1.82) is 0 Å². The Morgan fingerprint density at radius 3 is 2.44 bits per heavy atom. The van der Waals surface area contributed by atoms with E-state index in [0.717, 1.165) is 36.5 Å². The number of benzene rings is 2. The zero-order chi connectivity index (χ0) is 30.1. The predicted octanol–water partition coefficient (Wildman–Crippen LogP) is 1.49. The van der Waals surface area contributed by atoms with Gasteiger partial charge in [0.25, 0.3) is 11.8 Å². The minimum absolute atomic E-state index is 0.0745. The highest BCUT2D eigenvalue weighted by molar-refractivity contribution is 6.23. The molecule has 0 saturated carbocycles. The second-order valence-corrected chi connectivity index (χ2v) is 11.5. The lowest BCUT2D eigenvalue weighted by molar-refractivity contribution is -0.136. The smallest absolute Gasteiger partial charge is 0.410 e. The molecule has 0 radical (unpaired) electrons. The van der Waals surface area contributed by atoms with Crippen LogP contribution >= 0.6 is 0 Å². The van der Waals surface area contributed by atoms with Crippen LogP contribution in [0.25, 0.3) is 0 Å². The number of carbonyl (C=O) groups excluding carboxylic acids is 5. The Morgan fingerprint density at radius 1 is 0.953 bits per heavy atom. The van der Waals surface area contributed by atoms with Crippen LogP contribution in [0.1, 0.15) is 45.5 Å². The summed E-state index contributed by atoms with van der Waals surface area (Å²) in [5, 5.41) is 2.21. The van der Waals surface area contributed by atoms with Gasteiger partial charge in [-0.15, -0.1) is 0 Å². The maximum Gasteiger partial charge on any atom is 0.410 e. The zero-order valence-corrected chi connectivity index (χ0v) is 24.1. The van der Waals surface area contributed by atoms with Crippen molar-refractivity contribution in [2.75, 3.05) is 46.4 Å². The van der Waals surface area contributed by atoms with Gasteiger partial charge in [-0.25, -0.2) is 4.79 Å². The monoisotopic (exact) mass is 589 g/mol. The van der Waals surface area contributed by atoms with Crippen LogP contribution in [0.15, 0.2) is 48.5 Å². The van der Waals surface area contributed by atoms with E-state index in [0.29, 0.717) is 31.5 Å². The average molecular weight is 590 g/mol. The number of piperidine rings is 1. The van der Waals surface area contributed by atoms with E-state index in [1.165, 1.54) is 0 Å². The Balaban J connectivity index is 0.988. The molecule has 1 N–H and O–H groups in total. The van der Waals surface area contributed by atoms with E-state index in [1.807, 2.05) is 30.3 Å². The van der Waals surface area contributed by atoms with Gasteiger partial charge in [0.2, 0.25) is 11.8 Å². The van der Waals surface area contributed by atoms with Crippen molar-refractivity contribution in [1.82, 2.24) is 24.9 Å². The SMILES string of the molecule is CN1C[C@H](N2CCN(C(=O)OCc3ccccc3)CC2)C[C@H]1COc1ccc2c(c1)C(=O)N(C1CCC(=O)NC1=O)C2=O. The highest BCUT2D eigenvalue weighted by Gasteiger charge is 2.45. The molecule has 4 aliphatic heterocycles. The van der Waals surface area contributed by atoms with Gasteiger partial charge in [0, 0.05) is 51.2 Å². The van der Waals surface area contributed by atoms with Crippen LogP contribution in [0.3, 0.4) is 0 Å². The molecule has 3 atom stereocenters. The third kappa shape index (κ3) is 5.98. The molecule has 0 aliphatic carbocycles. The summed E-state index contributed by atoms with van der Waals surface area (Å²) < 4.78 is 11.6. The number of fused-ring (bicyclic) bond motifs is 1. The first-order chi connectivity index (χ1) is 20.8. The third-order valence-corrected chi connectivity index (χ3v) is 8.81. The number of imide groups is 2. The van der Waals surface area contributed by atoms with Crippen LogP contribution in [0, 0.1) is 0 Å². The molecule has 0 spiro atoms. The van der Waals surface area contributed by atoms with Crippen LogP contribution in [-0.4, -0.2) is 114 Å². The first-order valence-electron chi connectivity index (χ1n) is 14.7. The number of likely N-dealkylation sites (tertiary alicyclic amines) is 1. The molecule has 4 aliphatic rings. The molecule has 5 amide bonds. The standard InChI is InChI=1S/C31H35N5O7/c1-33-17-21(34-11-13-35(14-12-34)31(41)43-18-20-5-3-2-4-6-20)15-22(33)19-42-23-7-8-24-25(16-23)30(40)36(29(24)39)26-9-10-27(37)32-28(26)38/h2-8,16,21-22,26H,9-15,17-19H2,1H3,(H,32,37,38)/t21-,22+,26?/m1/s1. The lowest BCUT2D eigenvalue weighted by Gasteiger charge is -2.37. The third-order valence-electron chi connectivity index (χ3n) is 8.81. The molecule has 43 heavy (non-hydrogen) atoms. The summed E-state index contributed by atoms with van der Waals surface area (Å²) in [6, 6.07) is 13.9. The Bertz CT molecular complexity index is 1420. The van der Waals surface area contributed by atoms with Crippen LogP contribution in [-0.2, 0) is 20.9 Å². The highest BCUT2D eigenvalue weighted by atomic mass is 16.6. The van der Waals surface area contributed by atoms with Gasteiger partial charge in [0.1, 0.15) is 25.0 Å². The van der Waals surface area contributed by atoms with Gasteiger partial charge in [-0.1, -0.05) is 30.3 Å². The van der Waals surface area contributed by atoms with Crippen molar-refractivity contribution in [2.45, 2.75) is 44.0 Å². The fourth-order valence-electron chi connectivity index (χ4n) is 6.32. The normalized spacial score (nSPS) is 24.7. The molecule has 2 aromatic carbocycles. The van der Waals surface area contributed by atoms with E-state index in [-0.39, 0.29) is 42.7 Å². The molecule has 3 saturated heterocycles. The van der Waals surface area contributed by atoms with E-state index in [4.69, 9.17) is 9.47 Å². The maximum absolute atomic E-state index is 13.1. The Hall–Kier alpha value is -4.29. The molecule has 12 heteroatoms. The fourth-order valence-corrected chi connectivity index (χ4v) is 6.32. The number of piperazine rings is 1. The van der Waals surface area contributed by atoms with Gasteiger partial charge < -0.3 is 14.4 Å². The molecule has 0 aromatic heterocycles. The minimum Gasteiger partial charge on any atom is -0.492 e. The Morgan fingerprint density at radius 2 is 1.70 bits per heavy atom. The van der Waals surface area contributed by atoms with E-state index >= 15 is 0 Å². The van der Waals surface area contributed by atoms with Gasteiger partial charge >= 0.3 is 6.09 Å². The number of carbonyl (C=O) groups is 5. The van der Waals surface area contributed by atoms with Gasteiger partial charge in [-0.05, 0) is 43.7 Å². The van der Waals surface area contributed by atoms with Gasteiger partial charge in [-0.3, -0.25) is 39.2 Å². The van der Waals surface area contributed by atoms with Crippen molar-refractivity contribution >= 4 is 29.7 Å². The molecule has 6 rings (SSSR count). The predicted molar refractivity (Wildman–Crippen MR) is 153 cm³/mol. The van der Waals surface area contributed by atoms with E-state index in [1.54, 1.807) is 23.1 Å². The summed E-state index contributed by atoms with van der Waals surface area (Å²) in [6.45, 7) is 4.34. The number of likely N-dealkylation sites (N-methyl/N-ethyl adjacent to an activating group) is 1. The molecular formula is C31H35N5O7. The lowest BCUT2D eigenvalue weighted by atomic mass is 10.0. The number of ether oxygens (including phenoxy) is 2.